The molecular weight excluding hydrogens is 351 g/mol. The Balaban J connectivity index is 1.97. The third kappa shape index (κ3) is 4.13. The van der Waals surface area contributed by atoms with Gasteiger partial charge in [-0.05, 0) is 12.1 Å². The molecule has 0 fully saturated rings. The van der Waals surface area contributed by atoms with E-state index in [0.717, 1.165) is 6.20 Å². The van der Waals surface area contributed by atoms with Gasteiger partial charge in [-0.15, -0.1) is 0 Å². The smallest absolute Gasteiger partial charge is 0.269 e. The molecule has 0 aliphatic carbocycles. The van der Waals surface area contributed by atoms with Crippen molar-refractivity contribution in [3.8, 4) is 6.07 Å². The molecular formula is C18H13FN6O2. The average Bonchev–Trinajstić information content (AvgIpc) is 3.20. The van der Waals surface area contributed by atoms with Crippen molar-refractivity contribution in [2.24, 2.45) is 10.7 Å². The SMILES string of the molecule is N#Cc1cnc(C(N)=CC(=NCc2ccccc2F)c2ccon2)[nH]c1=O. The lowest BCUT2D eigenvalue weighted by molar-refractivity contribution is 0.418. The monoisotopic (exact) mass is 364 g/mol. The van der Waals surface area contributed by atoms with Crippen molar-refractivity contribution >= 4 is 11.4 Å². The number of allylic oxidation sites excluding steroid dienone is 1. The van der Waals surface area contributed by atoms with Crippen LogP contribution in [-0.2, 0) is 6.54 Å². The van der Waals surface area contributed by atoms with Gasteiger partial charge in [-0.2, -0.15) is 5.26 Å². The van der Waals surface area contributed by atoms with Gasteiger partial charge in [0.15, 0.2) is 5.82 Å². The minimum Gasteiger partial charge on any atom is -0.396 e. The fourth-order valence-electron chi connectivity index (χ4n) is 2.18. The molecule has 134 valence electrons. The number of H-pyrrole nitrogens is 1. The standard InChI is InChI=1S/C18H13FN6O2/c19-13-4-2-1-3-11(13)9-22-16(15-5-6-27-25-15)7-14(21)17-23-10-12(8-20)18(26)24-17/h1-7,10H,9,21H2,(H,23,24,26). The van der Waals surface area contributed by atoms with E-state index in [0.29, 0.717) is 17.0 Å². The molecule has 0 aliphatic rings. The number of aliphatic imine (C=N–C) groups is 1. The molecule has 0 unspecified atom stereocenters. The number of nitrogens with zero attached hydrogens (tertiary/aromatic N) is 4. The van der Waals surface area contributed by atoms with Crippen LogP contribution in [0.4, 0.5) is 4.39 Å². The lowest BCUT2D eigenvalue weighted by atomic mass is 10.2. The molecule has 2 heterocycles. The number of nitrogens with one attached hydrogen (secondary N) is 1. The van der Waals surface area contributed by atoms with Crippen LogP contribution in [-0.4, -0.2) is 20.8 Å². The van der Waals surface area contributed by atoms with E-state index in [9.17, 15) is 9.18 Å². The van der Waals surface area contributed by atoms with Crippen molar-refractivity contribution in [2.45, 2.75) is 6.54 Å². The van der Waals surface area contributed by atoms with Gasteiger partial charge in [-0.3, -0.25) is 9.79 Å². The van der Waals surface area contributed by atoms with Gasteiger partial charge in [-0.25, -0.2) is 9.37 Å². The maximum atomic E-state index is 13.8. The van der Waals surface area contributed by atoms with Gasteiger partial charge in [0.1, 0.15) is 29.4 Å². The van der Waals surface area contributed by atoms with Gasteiger partial charge in [0.25, 0.3) is 5.56 Å². The molecule has 0 saturated carbocycles. The molecule has 0 aliphatic heterocycles. The number of rotatable bonds is 5. The van der Waals surface area contributed by atoms with Crippen LogP contribution in [0.15, 0.2) is 63.2 Å². The van der Waals surface area contributed by atoms with E-state index >= 15 is 0 Å². The van der Waals surface area contributed by atoms with Crippen molar-refractivity contribution in [2.75, 3.05) is 0 Å². The van der Waals surface area contributed by atoms with E-state index in [4.69, 9.17) is 15.5 Å². The molecule has 0 spiro atoms. The Labute approximate surface area is 152 Å². The van der Waals surface area contributed by atoms with Gasteiger partial charge in [-0.1, -0.05) is 23.4 Å². The van der Waals surface area contributed by atoms with Crippen molar-refractivity contribution in [3.05, 3.63) is 87.7 Å². The molecule has 27 heavy (non-hydrogen) atoms. The van der Waals surface area contributed by atoms with Crippen LogP contribution < -0.4 is 11.3 Å². The zero-order chi connectivity index (χ0) is 19.2. The number of hydrogen-bond acceptors (Lipinski definition) is 7. The quantitative estimate of drug-likeness (QED) is 0.663. The highest BCUT2D eigenvalue weighted by Crippen LogP contribution is 2.11. The van der Waals surface area contributed by atoms with Gasteiger partial charge in [0.05, 0.1) is 24.2 Å². The van der Waals surface area contributed by atoms with Gasteiger partial charge >= 0.3 is 0 Å². The first-order valence-electron chi connectivity index (χ1n) is 7.74. The highest BCUT2D eigenvalue weighted by atomic mass is 19.1. The predicted molar refractivity (Wildman–Crippen MR) is 94.9 cm³/mol. The van der Waals surface area contributed by atoms with Crippen LogP contribution in [0.3, 0.4) is 0 Å². The van der Waals surface area contributed by atoms with Crippen LogP contribution in [0.1, 0.15) is 22.6 Å². The summed E-state index contributed by atoms with van der Waals surface area (Å²) in [6.45, 7) is 0.0516. The van der Waals surface area contributed by atoms with E-state index < -0.39 is 5.56 Å². The number of benzene rings is 1. The molecule has 0 atom stereocenters. The minimum atomic E-state index is -0.606. The normalized spacial score (nSPS) is 12.0. The number of nitriles is 1. The lowest BCUT2D eigenvalue weighted by Crippen LogP contribution is -2.16. The van der Waals surface area contributed by atoms with E-state index in [2.05, 4.69) is 20.1 Å². The fraction of sp³-hybridized carbons (Fsp3) is 0.0556. The highest BCUT2D eigenvalue weighted by molar-refractivity contribution is 6.10. The second-order valence-electron chi connectivity index (χ2n) is 5.36. The van der Waals surface area contributed by atoms with Crippen LogP contribution in [0.2, 0.25) is 0 Å². The average molecular weight is 364 g/mol. The molecule has 3 rings (SSSR count). The molecule has 9 heteroatoms. The number of halogens is 1. The predicted octanol–water partition coefficient (Wildman–Crippen LogP) is 1.76. The van der Waals surface area contributed by atoms with E-state index in [1.54, 1.807) is 30.3 Å². The van der Waals surface area contributed by atoms with Crippen molar-refractivity contribution < 1.29 is 8.91 Å². The zero-order valence-corrected chi connectivity index (χ0v) is 13.9. The van der Waals surface area contributed by atoms with Gasteiger partial charge < -0.3 is 15.2 Å². The van der Waals surface area contributed by atoms with Crippen molar-refractivity contribution in [3.63, 3.8) is 0 Å². The topological polar surface area (TPSA) is 134 Å². The summed E-state index contributed by atoms with van der Waals surface area (Å²) in [5.41, 5.74) is 6.44. The molecule has 1 aromatic carbocycles. The molecule has 2 aromatic heterocycles. The summed E-state index contributed by atoms with van der Waals surface area (Å²) >= 11 is 0. The maximum absolute atomic E-state index is 13.8. The zero-order valence-electron chi connectivity index (χ0n) is 13.9. The molecule has 3 N–H and O–H groups in total. The third-order valence-electron chi connectivity index (χ3n) is 3.56. The first kappa shape index (κ1) is 17.8. The summed E-state index contributed by atoms with van der Waals surface area (Å²) in [6, 6.07) is 9.55. The molecule has 3 aromatic rings. The number of hydrogen-bond donors (Lipinski definition) is 2. The molecule has 0 saturated heterocycles. The molecule has 0 amide bonds. The van der Waals surface area contributed by atoms with Crippen LogP contribution in [0.25, 0.3) is 5.70 Å². The third-order valence-corrected chi connectivity index (χ3v) is 3.56. The van der Waals surface area contributed by atoms with Crippen LogP contribution >= 0.6 is 0 Å². The Bertz CT molecular complexity index is 1110. The first-order valence-corrected chi connectivity index (χ1v) is 7.74. The summed E-state index contributed by atoms with van der Waals surface area (Å²) in [5, 5.41) is 12.6. The van der Waals surface area contributed by atoms with Crippen molar-refractivity contribution in [1.29, 1.82) is 5.26 Å². The Morgan fingerprint density at radius 1 is 1.41 bits per heavy atom. The number of nitrogens with two attached hydrogens (primary N) is 1. The van der Waals surface area contributed by atoms with Crippen LogP contribution in [0.5, 0.6) is 0 Å². The Morgan fingerprint density at radius 3 is 2.89 bits per heavy atom. The Hall–Kier alpha value is -4.06. The second-order valence-corrected chi connectivity index (χ2v) is 5.36. The van der Waals surface area contributed by atoms with E-state index in [1.807, 2.05) is 0 Å². The maximum Gasteiger partial charge on any atom is 0.269 e. The molecule has 0 bridgehead atoms. The Morgan fingerprint density at radius 2 is 2.22 bits per heavy atom. The van der Waals surface area contributed by atoms with Crippen molar-refractivity contribution in [1.82, 2.24) is 15.1 Å². The summed E-state index contributed by atoms with van der Waals surface area (Å²) in [5.74, 6) is -0.308. The highest BCUT2D eigenvalue weighted by Gasteiger charge is 2.10. The lowest BCUT2D eigenvalue weighted by Gasteiger charge is -2.04. The van der Waals surface area contributed by atoms with Gasteiger partial charge in [0, 0.05) is 11.6 Å². The largest absolute Gasteiger partial charge is 0.396 e. The van der Waals surface area contributed by atoms with Crippen LogP contribution in [0, 0.1) is 17.1 Å². The fourth-order valence-corrected chi connectivity index (χ4v) is 2.18. The Kier molecular flexibility index (Phi) is 5.18. The summed E-state index contributed by atoms with van der Waals surface area (Å²) < 4.78 is 18.6. The summed E-state index contributed by atoms with van der Waals surface area (Å²) in [6.07, 6.45) is 3.92. The minimum absolute atomic E-state index is 0.0516. The van der Waals surface area contributed by atoms with E-state index in [-0.39, 0.29) is 29.4 Å². The number of aromatic amines is 1. The van der Waals surface area contributed by atoms with E-state index in [1.165, 1.54) is 18.4 Å². The molecule has 0 radical (unpaired) electrons. The number of aromatic nitrogens is 3. The second kappa shape index (κ2) is 7.88. The molecule has 8 nitrogen and oxygen atoms in total. The first-order chi connectivity index (χ1) is 13.1. The van der Waals surface area contributed by atoms with Gasteiger partial charge in [0.2, 0.25) is 0 Å². The summed E-state index contributed by atoms with van der Waals surface area (Å²) in [7, 11) is 0. The summed E-state index contributed by atoms with van der Waals surface area (Å²) in [4.78, 5) is 22.4.